The Kier molecular flexibility index (Phi) is 5.17. The van der Waals surface area contributed by atoms with Gasteiger partial charge in [-0.2, -0.15) is 0 Å². The van der Waals surface area contributed by atoms with Gasteiger partial charge in [-0.25, -0.2) is 8.78 Å². The molecule has 1 atom stereocenters. The van der Waals surface area contributed by atoms with Gasteiger partial charge in [0.2, 0.25) is 0 Å². The molecule has 100 valence electrons. The third-order valence-corrected chi connectivity index (χ3v) is 2.90. The number of rotatable bonds is 5. The highest BCUT2D eigenvalue weighted by molar-refractivity contribution is 7.84. The summed E-state index contributed by atoms with van der Waals surface area (Å²) in [6.45, 7) is 0.169. The smallest absolute Gasteiger partial charge is 0.251 e. The van der Waals surface area contributed by atoms with Crippen molar-refractivity contribution in [3.63, 3.8) is 0 Å². The van der Waals surface area contributed by atoms with Gasteiger partial charge >= 0.3 is 0 Å². The lowest BCUT2D eigenvalue weighted by atomic mass is 10.1. The Labute approximate surface area is 105 Å². The predicted octanol–water partition coefficient (Wildman–Crippen LogP) is 0.359. The fourth-order valence-corrected chi connectivity index (χ4v) is 1.64. The Morgan fingerprint density at radius 2 is 1.94 bits per heavy atom. The molecule has 0 bridgehead atoms. The van der Waals surface area contributed by atoms with Crippen LogP contribution in [0.25, 0.3) is 0 Å². The van der Waals surface area contributed by atoms with E-state index in [9.17, 15) is 17.8 Å². The first-order valence-electron chi connectivity index (χ1n) is 4.99. The molecule has 5 nitrogen and oxygen atoms in total. The number of hydrogen-bond acceptors (Lipinski definition) is 4. The molecule has 0 aromatic heterocycles. The first-order chi connectivity index (χ1) is 8.45. The van der Waals surface area contributed by atoms with Gasteiger partial charge < -0.3 is 10.7 Å². The maximum atomic E-state index is 13.3. The molecular formula is C10H13F2N3O2S. The predicted molar refractivity (Wildman–Crippen MR) is 65.4 cm³/mol. The van der Waals surface area contributed by atoms with Gasteiger partial charge in [-0.1, -0.05) is 0 Å². The quantitative estimate of drug-likeness (QED) is 0.536. The maximum Gasteiger partial charge on any atom is 0.251 e. The number of hydrogen-bond donors (Lipinski definition) is 3. The Morgan fingerprint density at radius 3 is 2.39 bits per heavy atom. The third kappa shape index (κ3) is 3.74. The van der Waals surface area contributed by atoms with Crippen LogP contribution in [0.5, 0.6) is 0 Å². The van der Waals surface area contributed by atoms with Crippen molar-refractivity contribution in [3.8, 4) is 0 Å². The first kappa shape index (κ1) is 14.5. The van der Waals surface area contributed by atoms with Crippen molar-refractivity contribution in [1.82, 2.24) is 5.32 Å². The number of benzene rings is 1. The van der Waals surface area contributed by atoms with Gasteiger partial charge in [0.15, 0.2) is 11.6 Å². The summed E-state index contributed by atoms with van der Waals surface area (Å²) >= 11 is 0. The molecule has 0 saturated carbocycles. The molecule has 0 heterocycles. The zero-order valence-electron chi connectivity index (χ0n) is 9.63. The Morgan fingerprint density at radius 1 is 1.39 bits per heavy atom. The summed E-state index contributed by atoms with van der Waals surface area (Å²) in [5, 5.41) is 2.41. The molecule has 0 radical (unpaired) electrons. The van der Waals surface area contributed by atoms with E-state index in [0.29, 0.717) is 0 Å². The van der Waals surface area contributed by atoms with Gasteiger partial charge in [0, 0.05) is 34.9 Å². The second-order valence-electron chi connectivity index (χ2n) is 3.49. The molecule has 1 amide bonds. The lowest BCUT2D eigenvalue weighted by Gasteiger charge is -2.08. The van der Waals surface area contributed by atoms with Gasteiger partial charge in [-0.3, -0.25) is 14.8 Å². The third-order valence-electron chi connectivity index (χ3n) is 2.12. The van der Waals surface area contributed by atoms with Crippen molar-refractivity contribution in [2.75, 3.05) is 24.0 Å². The van der Waals surface area contributed by atoms with E-state index in [4.69, 9.17) is 5.84 Å². The van der Waals surface area contributed by atoms with Crippen molar-refractivity contribution in [2.24, 2.45) is 5.84 Å². The summed E-state index contributed by atoms with van der Waals surface area (Å²) in [5.41, 5.74) is 1.21. The number of carbonyl (C=O) groups excluding carboxylic acids is 1. The van der Waals surface area contributed by atoms with Crippen LogP contribution >= 0.6 is 0 Å². The maximum absolute atomic E-state index is 13.3. The van der Waals surface area contributed by atoms with Crippen molar-refractivity contribution in [1.29, 1.82) is 0 Å². The summed E-state index contributed by atoms with van der Waals surface area (Å²) in [5.74, 6) is 2.65. The van der Waals surface area contributed by atoms with E-state index in [-0.39, 0.29) is 17.9 Å². The average Bonchev–Trinajstić information content (AvgIpc) is 2.27. The molecule has 1 aromatic carbocycles. The number of anilines is 1. The fraction of sp³-hybridized carbons (Fsp3) is 0.300. The molecule has 1 unspecified atom stereocenters. The van der Waals surface area contributed by atoms with Crippen LogP contribution in [0.2, 0.25) is 0 Å². The monoisotopic (exact) mass is 277 g/mol. The van der Waals surface area contributed by atoms with Gasteiger partial charge in [0.25, 0.3) is 5.91 Å². The number of nitrogen functional groups attached to an aromatic ring is 1. The van der Waals surface area contributed by atoms with Crippen molar-refractivity contribution >= 4 is 22.4 Å². The van der Waals surface area contributed by atoms with Crippen LogP contribution in [0, 0.1) is 11.6 Å². The van der Waals surface area contributed by atoms with Gasteiger partial charge in [-0.05, 0) is 12.1 Å². The highest BCUT2D eigenvalue weighted by Gasteiger charge is 2.14. The topological polar surface area (TPSA) is 84.2 Å². The average molecular weight is 277 g/mol. The van der Waals surface area contributed by atoms with E-state index < -0.39 is 34.0 Å². The summed E-state index contributed by atoms with van der Waals surface area (Å²) in [6, 6.07) is 1.74. The minimum absolute atomic E-state index is 0.161. The summed E-state index contributed by atoms with van der Waals surface area (Å²) < 4.78 is 37.4. The standard InChI is InChI=1S/C10H13F2N3O2S/c1-18(17)3-2-14-10(16)6-4-7(11)9(15-13)8(12)5-6/h4-5,15H,2-3,13H2,1H3,(H,14,16). The summed E-state index contributed by atoms with van der Waals surface area (Å²) in [4.78, 5) is 11.5. The second kappa shape index (κ2) is 6.41. The highest BCUT2D eigenvalue weighted by Crippen LogP contribution is 2.19. The van der Waals surface area contributed by atoms with E-state index in [2.05, 4.69) is 5.32 Å². The van der Waals surface area contributed by atoms with Crippen LogP contribution in [0.15, 0.2) is 12.1 Å². The molecule has 8 heteroatoms. The number of carbonyl (C=O) groups is 1. The molecule has 0 fully saturated rings. The lowest BCUT2D eigenvalue weighted by Crippen LogP contribution is -2.28. The molecule has 4 N–H and O–H groups in total. The molecule has 1 rings (SSSR count). The lowest BCUT2D eigenvalue weighted by molar-refractivity contribution is 0.0955. The Bertz CT molecular complexity index is 459. The van der Waals surface area contributed by atoms with Crippen LogP contribution < -0.4 is 16.6 Å². The van der Waals surface area contributed by atoms with Crippen LogP contribution in [-0.2, 0) is 10.8 Å². The van der Waals surface area contributed by atoms with Crippen LogP contribution in [-0.4, -0.2) is 28.7 Å². The normalized spacial score (nSPS) is 12.0. The van der Waals surface area contributed by atoms with Crippen molar-refractivity contribution < 1.29 is 17.8 Å². The second-order valence-corrected chi connectivity index (χ2v) is 5.05. The molecule has 0 aliphatic carbocycles. The largest absolute Gasteiger partial charge is 0.351 e. The van der Waals surface area contributed by atoms with Gasteiger partial charge in [0.05, 0.1) is 0 Å². The van der Waals surface area contributed by atoms with Gasteiger partial charge in [0.1, 0.15) is 5.69 Å². The zero-order valence-corrected chi connectivity index (χ0v) is 10.4. The van der Waals surface area contributed by atoms with E-state index in [1.165, 1.54) is 6.26 Å². The van der Waals surface area contributed by atoms with Gasteiger partial charge in [-0.15, -0.1) is 0 Å². The van der Waals surface area contributed by atoms with Crippen molar-refractivity contribution in [2.45, 2.75) is 0 Å². The zero-order chi connectivity index (χ0) is 13.7. The summed E-state index contributed by atoms with van der Waals surface area (Å²) in [7, 11) is -1.04. The SMILES string of the molecule is CS(=O)CCNC(=O)c1cc(F)c(NN)c(F)c1. The minimum Gasteiger partial charge on any atom is -0.351 e. The summed E-state index contributed by atoms with van der Waals surface area (Å²) in [6.07, 6.45) is 1.49. The Balaban J connectivity index is 2.78. The van der Waals surface area contributed by atoms with E-state index in [1.54, 1.807) is 0 Å². The number of amides is 1. The van der Waals surface area contributed by atoms with E-state index in [0.717, 1.165) is 12.1 Å². The van der Waals surface area contributed by atoms with Crippen LogP contribution in [0.4, 0.5) is 14.5 Å². The minimum atomic E-state index is -1.04. The van der Waals surface area contributed by atoms with E-state index in [1.807, 2.05) is 5.43 Å². The number of hydrazine groups is 1. The number of nitrogens with one attached hydrogen (secondary N) is 2. The van der Waals surface area contributed by atoms with Crippen LogP contribution in [0.1, 0.15) is 10.4 Å². The van der Waals surface area contributed by atoms with E-state index >= 15 is 0 Å². The molecule has 0 aliphatic heterocycles. The first-order valence-corrected chi connectivity index (χ1v) is 6.72. The molecule has 0 spiro atoms. The molecule has 1 aromatic rings. The molecular weight excluding hydrogens is 264 g/mol. The van der Waals surface area contributed by atoms with Crippen LogP contribution in [0.3, 0.4) is 0 Å². The number of nitrogens with two attached hydrogens (primary N) is 1. The fourth-order valence-electron chi connectivity index (χ4n) is 1.25. The molecule has 0 saturated heterocycles. The molecule has 0 aliphatic rings. The number of halogens is 2. The Hall–Kier alpha value is -1.54. The highest BCUT2D eigenvalue weighted by atomic mass is 32.2. The molecule has 18 heavy (non-hydrogen) atoms. The van der Waals surface area contributed by atoms with Crippen molar-refractivity contribution in [3.05, 3.63) is 29.3 Å².